The quantitative estimate of drug-likeness (QED) is 0.300. The maximum atomic E-state index is 0. The van der Waals surface area contributed by atoms with Crippen LogP contribution < -0.4 is 0 Å². The van der Waals surface area contributed by atoms with Crippen LogP contribution in [0.25, 0.3) is 0 Å². The largest absolute Gasteiger partial charge is 0 e. The molecule has 0 amide bonds. The Morgan fingerprint density at radius 3 is 0.222 bits per heavy atom. The van der Waals surface area contributed by atoms with Crippen LogP contribution in [0.15, 0.2) is 0 Å². The molecule has 0 aliphatic carbocycles. The minimum atomic E-state index is 0. The van der Waals surface area contributed by atoms with Gasteiger partial charge in [0.05, 0.1) is 0 Å². The second-order valence-electron chi connectivity index (χ2n) is 0. The first kappa shape index (κ1) is 79.5. The van der Waals surface area contributed by atoms with E-state index in [0.717, 1.165) is 0 Å². The number of hydrogen-bond acceptors (Lipinski definition) is 0. The van der Waals surface area contributed by atoms with Gasteiger partial charge in [0.1, 0.15) is 0 Å². The predicted molar refractivity (Wildman–Crippen MR) is 0 cm³/mol. The van der Waals surface area contributed by atoms with Crippen LogP contribution in [0.1, 0.15) is 0 Å². The molecule has 0 nitrogen and oxygen atoms in total. The monoisotopic (exact) mass is 1610 g/mol. The zero-order valence-corrected chi connectivity index (χ0v) is 22.8. The first-order chi connectivity index (χ1) is 0. The van der Waals surface area contributed by atoms with Crippen LogP contribution >= 0.6 is 0 Å². The summed E-state index contributed by atoms with van der Waals surface area (Å²) in [4.78, 5) is 0. The fourth-order valence-electron chi connectivity index (χ4n) is 0. The van der Waals surface area contributed by atoms with Gasteiger partial charge in [-0.25, -0.2) is 0 Å². The van der Waals surface area contributed by atoms with Crippen molar-refractivity contribution in [2.45, 2.75) is 0 Å². The van der Waals surface area contributed by atoms with Crippen LogP contribution in [0.2, 0.25) is 0 Å². The van der Waals surface area contributed by atoms with Crippen LogP contribution in [0.5, 0.6) is 0 Å². The summed E-state index contributed by atoms with van der Waals surface area (Å²) in [6.07, 6.45) is 0. The van der Waals surface area contributed by atoms with E-state index in [9.17, 15) is 0 Å². The SMILES string of the molecule is [Pt].[Pt].[Pt].[Pt].[Pt].[Pt].[Pt].[Pt].[Ti]. The van der Waals surface area contributed by atoms with Gasteiger partial charge in [-0.2, -0.15) is 0 Å². The van der Waals surface area contributed by atoms with Crippen molar-refractivity contribution in [3.63, 3.8) is 0 Å². The minimum Gasteiger partial charge on any atom is 0 e. The van der Waals surface area contributed by atoms with Crippen LogP contribution in [0.4, 0.5) is 0 Å². The molecule has 0 bridgehead atoms. The van der Waals surface area contributed by atoms with Gasteiger partial charge < -0.3 is 0 Å². The number of hydrogen-bond donors (Lipinski definition) is 0. The maximum absolute atomic E-state index is 0. The van der Waals surface area contributed by atoms with Crippen molar-refractivity contribution < 1.29 is 190 Å². The Morgan fingerprint density at radius 1 is 0.222 bits per heavy atom. The van der Waals surface area contributed by atoms with Crippen molar-refractivity contribution in [2.75, 3.05) is 0 Å². The molecule has 0 aliphatic heterocycles. The Hall–Kier alpha value is 6.22. The smallest absolute Gasteiger partial charge is 0 e. The molecular formula is Pt8Ti. The van der Waals surface area contributed by atoms with Crippen LogP contribution in [-0.2, 0) is 190 Å². The van der Waals surface area contributed by atoms with Gasteiger partial charge in [0.2, 0.25) is 0 Å². The molecule has 0 unspecified atom stereocenters. The summed E-state index contributed by atoms with van der Waals surface area (Å²) in [7, 11) is 0. The molecule has 0 spiro atoms. The van der Waals surface area contributed by atoms with E-state index in [1.807, 2.05) is 0 Å². The molecule has 84 valence electrons. The van der Waals surface area contributed by atoms with Gasteiger partial charge in [0.25, 0.3) is 0 Å². The van der Waals surface area contributed by atoms with E-state index in [-0.39, 0.29) is 190 Å². The normalized spacial score (nSPS) is 0. The van der Waals surface area contributed by atoms with Crippen molar-refractivity contribution in [3.8, 4) is 0 Å². The van der Waals surface area contributed by atoms with Crippen molar-refractivity contribution in [2.24, 2.45) is 0 Å². The summed E-state index contributed by atoms with van der Waals surface area (Å²) in [6, 6.07) is 0. The van der Waals surface area contributed by atoms with Crippen LogP contribution in [0, 0.1) is 0 Å². The summed E-state index contributed by atoms with van der Waals surface area (Å²) in [5.41, 5.74) is 0. The van der Waals surface area contributed by atoms with E-state index in [0.29, 0.717) is 0 Å². The fraction of sp³-hybridized carbons (Fsp3) is 0. The van der Waals surface area contributed by atoms with Crippen molar-refractivity contribution in [1.82, 2.24) is 0 Å². The molecule has 0 atom stereocenters. The molecule has 9 heteroatoms. The predicted octanol–water partition coefficient (Wildman–Crippen LogP) is -0.0225. The van der Waals surface area contributed by atoms with Crippen molar-refractivity contribution >= 4 is 0 Å². The average Bonchev–Trinajstić information content (AvgIpc) is 0. The summed E-state index contributed by atoms with van der Waals surface area (Å²) in [5, 5.41) is 0. The topological polar surface area (TPSA) is 0 Å². The van der Waals surface area contributed by atoms with E-state index in [4.69, 9.17) is 0 Å². The van der Waals surface area contributed by atoms with Gasteiger partial charge in [0.15, 0.2) is 0 Å². The summed E-state index contributed by atoms with van der Waals surface area (Å²) >= 11 is 0. The van der Waals surface area contributed by atoms with Crippen molar-refractivity contribution in [1.29, 1.82) is 0 Å². The van der Waals surface area contributed by atoms with E-state index < -0.39 is 0 Å². The maximum Gasteiger partial charge on any atom is 0 e. The molecule has 0 aromatic heterocycles. The van der Waals surface area contributed by atoms with E-state index >= 15 is 0 Å². The Kier molecular flexibility index (Phi) is 568. The molecule has 0 rings (SSSR count). The van der Waals surface area contributed by atoms with E-state index in [1.165, 1.54) is 0 Å². The molecule has 0 fully saturated rings. The van der Waals surface area contributed by atoms with Gasteiger partial charge >= 0.3 is 0 Å². The van der Waals surface area contributed by atoms with E-state index in [1.54, 1.807) is 0 Å². The standard InChI is InChI=1S/8Pt.Ti. The van der Waals surface area contributed by atoms with E-state index in [2.05, 4.69) is 0 Å². The van der Waals surface area contributed by atoms with Gasteiger partial charge in [-0.15, -0.1) is 0 Å². The van der Waals surface area contributed by atoms with Crippen LogP contribution in [0.3, 0.4) is 0 Å². The molecule has 9 heavy (non-hydrogen) atoms. The third-order valence-corrected chi connectivity index (χ3v) is 0. The summed E-state index contributed by atoms with van der Waals surface area (Å²) < 4.78 is 0. The first-order valence-electron chi connectivity index (χ1n) is 0. The first-order valence-corrected chi connectivity index (χ1v) is 0. The molecule has 0 radical (unpaired) electrons. The third kappa shape index (κ3) is 54.9. The fourth-order valence-corrected chi connectivity index (χ4v) is 0. The van der Waals surface area contributed by atoms with Crippen molar-refractivity contribution in [3.05, 3.63) is 0 Å². The minimum absolute atomic E-state index is 0. The molecule has 0 saturated heterocycles. The molecule has 0 N–H and O–H groups in total. The Balaban J connectivity index is 0. The molecular weight excluding hydrogens is 1610 g/mol. The van der Waals surface area contributed by atoms with Gasteiger partial charge in [-0.3, -0.25) is 0 Å². The zero-order valence-electron chi connectivity index (χ0n) is 3.03. The molecule has 0 saturated carbocycles. The van der Waals surface area contributed by atoms with Gasteiger partial charge in [-0.05, 0) is 0 Å². The third-order valence-electron chi connectivity index (χ3n) is 0. The number of rotatable bonds is 0. The summed E-state index contributed by atoms with van der Waals surface area (Å²) in [5.74, 6) is 0. The average molecular weight is 1610 g/mol. The Morgan fingerprint density at radius 2 is 0.222 bits per heavy atom. The Labute approximate surface area is 185 Å². The summed E-state index contributed by atoms with van der Waals surface area (Å²) in [6.45, 7) is 0. The van der Waals surface area contributed by atoms with Gasteiger partial charge in [0, 0.05) is 190 Å². The molecule has 0 aromatic rings. The van der Waals surface area contributed by atoms with Gasteiger partial charge in [-0.1, -0.05) is 0 Å². The molecule has 0 heterocycles. The Bertz CT molecular complexity index is 4.53. The molecule has 0 aromatic carbocycles. The zero-order chi connectivity index (χ0) is 0. The van der Waals surface area contributed by atoms with Crippen LogP contribution in [-0.4, -0.2) is 0 Å². The second kappa shape index (κ2) is 64.2. The second-order valence-corrected chi connectivity index (χ2v) is 0. The molecule has 0 aliphatic rings.